The van der Waals surface area contributed by atoms with Crippen LogP contribution in [0.25, 0.3) is 0 Å². The number of hydrogen-bond acceptors (Lipinski definition) is 4. The summed E-state index contributed by atoms with van der Waals surface area (Å²) in [4.78, 5) is 23.4. The zero-order chi connectivity index (χ0) is 17.5. The molecule has 0 fully saturated rings. The van der Waals surface area contributed by atoms with Crippen LogP contribution in [-0.4, -0.2) is 35.7 Å². The average Bonchev–Trinajstić information content (AvgIpc) is 2.50. The van der Waals surface area contributed by atoms with Gasteiger partial charge in [-0.05, 0) is 44.9 Å². The van der Waals surface area contributed by atoms with Crippen LogP contribution in [0.5, 0.6) is 11.5 Å². The normalized spacial score (nSPS) is 11.0. The average molecular weight is 323 g/mol. The van der Waals surface area contributed by atoms with Gasteiger partial charge in [0.25, 0.3) is 5.91 Å². The highest BCUT2D eigenvalue weighted by Gasteiger charge is 2.29. The Morgan fingerprint density at radius 1 is 1.09 bits per heavy atom. The van der Waals surface area contributed by atoms with Crippen molar-refractivity contribution in [2.45, 2.75) is 46.1 Å². The number of carboxylic acid groups (broad SMARTS) is 1. The molecule has 0 aliphatic heterocycles. The second kappa shape index (κ2) is 8.41. The van der Waals surface area contributed by atoms with Crippen molar-refractivity contribution in [3.8, 4) is 11.5 Å². The number of benzene rings is 1. The molecule has 0 saturated heterocycles. The SMILES string of the molecule is CCCOc1ccc(C(=O)NC(C)(C)C(=O)O)cc1OCCC. The van der Waals surface area contributed by atoms with Crippen molar-refractivity contribution >= 4 is 11.9 Å². The van der Waals surface area contributed by atoms with Gasteiger partial charge < -0.3 is 19.9 Å². The molecular formula is C17H25NO5. The molecule has 23 heavy (non-hydrogen) atoms. The lowest BCUT2D eigenvalue weighted by Gasteiger charge is -2.21. The van der Waals surface area contributed by atoms with Crippen LogP contribution < -0.4 is 14.8 Å². The highest BCUT2D eigenvalue weighted by Crippen LogP contribution is 2.29. The molecule has 6 nitrogen and oxygen atoms in total. The Morgan fingerprint density at radius 2 is 1.65 bits per heavy atom. The van der Waals surface area contributed by atoms with Gasteiger partial charge >= 0.3 is 5.97 Å². The molecule has 128 valence electrons. The summed E-state index contributed by atoms with van der Waals surface area (Å²) in [6, 6.07) is 4.84. The molecule has 1 rings (SSSR count). The lowest BCUT2D eigenvalue weighted by Crippen LogP contribution is -2.49. The van der Waals surface area contributed by atoms with Crippen molar-refractivity contribution in [3.05, 3.63) is 23.8 Å². The molecule has 0 unspecified atom stereocenters. The minimum absolute atomic E-state index is 0.328. The van der Waals surface area contributed by atoms with Gasteiger partial charge in [-0.2, -0.15) is 0 Å². The van der Waals surface area contributed by atoms with Crippen molar-refractivity contribution in [1.29, 1.82) is 0 Å². The zero-order valence-electron chi connectivity index (χ0n) is 14.1. The van der Waals surface area contributed by atoms with Crippen LogP contribution >= 0.6 is 0 Å². The Hall–Kier alpha value is -2.24. The summed E-state index contributed by atoms with van der Waals surface area (Å²) in [5, 5.41) is 11.6. The first-order valence-electron chi connectivity index (χ1n) is 7.77. The summed E-state index contributed by atoms with van der Waals surface area (Å²) in [5.41, 5.74) is -1.02. The smallest absolute Gasteiger partial charge is 0.328 e. The Morgan fingerprint density at radius 3 is 2.17 bits per heavy atom. The summed E-state index contributed by atoms with van der Waals surface area (Å²) >= 11 is 0. The fourth-order valence-corrected chi connectivity index (χ4v) is 1.71. The van der Waals surface area contributed by atoms with Crippen LogP contribution in [0.3, 0.4) is 0 Å². The Bertz CT molecular complexity index is 554. The van der Waals surface area contributed by atoms with Gasteiger partial charge in [-0.15, -0.1) is 0 Å². The van der Waals surface area contributed by atoms with Gasteiger partial charge in [-0.1, -0.05) is 13.8 Å². The standard InChI is InChI=1S/C17H25NO5/c1-5-9-22-13-8-7-12(11-14(13)23-10-6-2)15(19)18-17(3,4)16(20)21/h7-8,11H,5-6,9-10H2,1-4H3,(H,18,19)(H,20,21). The highest BCUT2D eigenvalue weighted by atomic mass is 16.5. The zero-order valence-corrected chi connectivity index (χ0v) is 14.1. The molecule has 0 aromatic heterocycles. The first-order chi connectivity index (χ1) is 10.8. The molecule has 1 amide bonds. The molecule has 1 aromatic carbocycles. The van der Waals surface area contributed by atoms with Crippen molar-refractivity contribution in [2.24, 2.45) is 0 Å². The number of carbonyl (C=O) groups excluding carboxylic acids is 1. The van der Waals surface area contributed by atoms with E-state index in [0.29, 0.717) is 30.3 Å². The molecule has 0 heterocycles. The highest BCUT2D eigenvalue weighted by molar-refractivity contribution is 5.98. The molecule has 6 heteroatoms. The molecule has 0 bridgehead atoms. The van der Waals surface area contributed by atoms with Crippen molar-refractivity contribution in [2.75, 3.05) is 13.2 Å². The fraction of sp³-hybridized carbons (Fsp3) is 0.529. The van der Waals surface area contributed by atoms with E-state index in [1.165, 1.54) is 13.8 Å². The quantitative estimate of drug-likeness (QED) is 0.730. The minimum atomic E-state index is -1.35. The molecule has 0 aliphatic rings. The molecule has 0 spiro atoms. The number of nitrogens with one attached hydrogen (secondary N) is 1. The van der Waals surface area contributed by atoms with E-state index in [2.05, 4.69) is 5.32 Å². The van der Waals surface area contributed by atoms with E-state index in [1.807, 2.05) is 13.8 Å². The van der Waals surface area contributed by atoms with Gasteiger partial charge in [0.05, 0.1) is 13.2 Å². The van der Waals surface area contributed by atoms with Crippen LogP contribution in [-0.2, 0) is 4.79 Å². The second-order valence-electron chi connectivity index (χ2n) is 5.74. The number of rotatable bonds is 9. The largest absolute Gasteiger partial charge is 0.490 e. The van der Waals surface area contributed by atoms with Crippen molar-refractivity contribution in [3.63, 3.8) is 0 Å². The maximum Gasteiger partial charge on any atom is 0.328 e. The van der Waals surface area contributed by atoms with Crippen LogP contribution in [0.1, 0.15) is 50.9 Å². The van der Waals surface area contributed by atoms with E-state index < -0.39 is 17.4 Å². The van der Waals surface area contributed by atoms with Gasteiger partial charge in [0.1, 0.15) is 5.54 Å². The molecule has 0 saturated carbocycles. The number of aliphatic carboxylic acids is 1. The first kappa shape index (κ1) is 18.8. The molecule has 0 radical (unpaired) electrons. The van der Waals surface area contributed by atoms with Gasteiger partial charge in [0.2, 0.25) is 0 Å². The maximum absolute atomic E-state index is 12.2. The number of carbonyl (C=O) groups is 2. The van der Waals surface area contributed by atoms with Crippen LogP contribution in [0, 0.1) is 0 Å². The van der Waals surface area contributed by atoms with Crippen LogP contribution in [0.15, 0.2) is 18.2 Å². The summed E-state index contributed by atoms with van der Waals surface area (Å²) in [7, 11) is 0. The molecule has 0 aliphatic carbocycles. The third-order valence-electron chi connectivity index (χ3n) is 3.09. The van der Waals surface area contributed by atoms with Crippen molar-refractivity contribution in [1.82, 2.24) is 5.32 Å². The third kappa shape index (κ3) is 5.47. The Kier molecular flexibility index (Phi) is 6.88. The number of ether oxygens (including phenoxy) is 2. The van der Waals surface area contributed by atoms with Gasteiger partial charge in [-0.25, -0.2) is 4.79 Å². The second-order valence-corrected chi connectivity index (χ2v) is 5.74. The lowest BCUT2D eigenvalue weighted by atomic mass is 10.1. The maximum atomic E-state index is 12.2. The number of amides is 1. The topological polar surface area (TPSA) is 84.9 Å². The van der Waals surface area contributed by atoms with Crippen LogP contribution in [0.2, 0.25) is 0 Å². The van der Waals surface area contributed by atoms with E-state index in [4.69, 9.17) is 14.6 Å². The first-order valence-corrected chi connectivity index (χ1v) is 7.77. The minimum Gasteiger partial charge on any atom is -0.490 e. The third-order valence-corrected chi connectivity index (χ3v) is 3.09. The molecule has 2 N–H and O–H groups in total. The summed E-state index contributed by atoms with van der Waals surface area (Å²) < 4.78 is 11.2. The van der Waals surface area contributed by atoms with Gasteiger partial charge in [0, 0.05) is 5.56 Å². The predicted octanol–water partition coefficient (Wildman–Crippen LogP) is 2.86. The molecule has 0 atom stereocenters. The predicted molar refractivity (Wildman–Crippen MR) is 87.2 cm³/mol. The summed E-state index contributed by atoms with van der Waals surface area (Å²) in [5.74, 6) is -0.507. The molecular weight excluding hydrogens is 298 g/mol. The number of hydrogen-bond donors (Lipinski definition) is 2. The van der Waals surface area contributed by atoms with E-state index in [9.17, 15) is 9.59 Å². The lowest BCUT2D eigenvalue weighted by molar-refractivity contribution is -0.143. The fourth-order valence-electron chi connectivity index (χ4n) is 1.71. The van der Waals surface area contributed by atoms with Crippen molar-refractivity contribution < 1.29 is 24.2 Å². The van der Waals surface area contributed by atoms with E-state index in [-0.39, 0.29) is 0 Å². The van der Waals surface area contributed by atoms with Gasteiger partial charge in [-0.3, -0.25) is 4.79 Å². The van der Waals surface area contributed by atoms with E-state index in [0.717, 1.165) is 12.8 Å². The van der Waals surface area contributed by atoms with E-state index in [1.54, 1.807) is 18.2 Å². The van der Waals surface area contributed by atoms with E-state index >= 15 is 0 Å². The number of carboxylic acids is 1. The summed E-state index contributed by atoms with van der Waals surface area (Å²) in [6.07, 6.45) is 1.69. The van der Waals surface area contributed by atoms with Gasteiger partial charge in [0.15, 0.2) is 11.5 Å². The Balaban J connectivity index is 2.98. The molecule has 1 aromatic rings. The van der Waals surface area contributed by atoms with Crippen LogP contribution in [0.4, 0.5) is 0 Å². The monoisotopic (exact) mass is 323 g/mol. The summed E-state index contributed by atoms with van der Waals surface area (Å²) in [6.45, 7) is 7.91. The Labute approximate surface area is 136 Å².